The molecule has 1 N–H and O–H groups in total. The maximum atomic E-state index is 5.41. The number of hydrogen-bond acceptors (Lipinski definition) is 2. The second-order valence-corrected chi connectivity index (χ2v) is 5.33. The molecule has 1 aromatic carbocycles. The van der Waals surface area contributed by atoms with E-state index in [1.165, 1.54) is 24.8 Å². The first-order chi connectivity index (χ1) is 8.33. The fraction of sp³-hybridized carbons (Fsp3) is 0.600. The van der Waals surface area contributed by atoms with Crippen LogP contribution in [0.2, 0.25) is 0 Å². The van der Waals surface area contributed by atoms with Gasteiger partial charge in [-0.25, -0.2) is 0 Å². The maximum absolute atomic E-state index is 5.41. The minimum atomic E-state index is 0.438. The molecule has 2 atom stereocenters. The lowest BCUT2D eigenvalue weighted by Crippen LogP contribution is -2.31. The van der Waals surface area contributed by atoms with Crippen molar-refractivity contribution < 1.29 is 4.74 Å². The van der Waals surface area contributed by atoms with Gasteiger partial charge in [0.15, 0.2) is 0 Å². The first-order valence-electron chi connectivity index (χ1n) is 6.78. The second-order valence-electron chi connectivity index (χ2n) is 5.33. The van der Waals surface area contributed by atoms with Crippen molar-refractivity contribution >= 4 is 0 Å². The predicted octanol–water partition coefficient (Wildman–Crippen LogP) is 2.61. The molecule has 2 heteroatoms. The van der Waals surface area contributed by atoms with Gasteiger partial charge < -0.3 is 10.1 Å². The quantitative estimate of drug-likeness (QED) is 0.863. The summed E-state index contributed by atoms with van der Waals surface area (Å²) < 4.78 is 5.41. The summed E-state index contributed by atoms with van der Waals surface area (Å²) in [5.41, 5.74) is 4.56. The Kier molecular flexibility index (Phi) is 3.17. The van der Waals surface area contributed by atoms with Gasteiger partial charge >= 0.3 is 0 Å². The van der Waals surface area contributed by atoms with Gasteiger partial charge in [-0.05, 0) is 49.3 Å². The molecule has 0 bridgehead atoms. The van der Waals surface area contributed by atoms with Crippen molar-refractivity contribution in [3.63, 3.8) is 0 Å². The molecule has 0 amide bonds. The number of benzene rings is 1. The highest BCUT2D eigenvalue weighted by atomic mass is 16.5. The van der Waals surface area contributed by atoms with Crippen molar-refractivity contribution in [3.05, 3.63) is 34.9 Å². The average molecular weight is 231 g/mol. The van der Waals surface area contributed by atoms with Gasteiger partial charge in [-0.2, -0.15) is 0 Å². The molecule has 3 rings (SSSR count). The van der Waals surface area contributed by atoms with Crippen LogP contribution in [0.4, 0.5) is 0 Å². The first-order valence-corrected chi connectivity index (χ1v) is 6.78. The summed E-state index contributed by atoms with van der Waals surface area (Å²) in [6.07, 6.45) is 5.02. The van der Waals surface area contributed by atoms with Crippen LogP contribution in [0, 0.1) is 0 Å². The molecular weight excluding hydrogens is 210 g/mol. The Morgan fingerprint density at radius 3 is 3.00 bits per heavy atom. The molecule has 2 unspecified atom stereocenters. The SMILES string of the molecule is CC(NC1CCOC1)c1ccc2c(c1)CCC2. The lowest BCUT2D eigenvalue weighted by molar-refractivity contribution is 0.188. The van der Waals surface area contributed by atoms with Crippen molar-refractivity contribution in [2.24, 2.45) is 0 Å². The zero-order valence-electron chi connectivity index (χ0n) is 10.5. The van der Waals surface area contributed by atoms with E-state index in [1.807, 2.05) is 0 Å². The van der Waals surface area contributed by atoms with Crippen LogP contribution in [0.3, 0.4) is 0 Å². The minimum absolute atomic E-state index is 0.438. The number of fused-ring (bicyclic) bond motifs is 1. The van der Waals surface area contributed by atoms with Crippen LogP contribution in [0.5, 0.6) is 0 Å². The molecule has 1 saturated heterocycles. The van der Waals surface area contributed by atoms with E-state index in [9.17, 15) is 0 Å². The molecule has 2 aliphatic rings. The van der Waals surface area contributed by atoms with E-state index < -0.39 is 0 Å². The van der Waals surface area contributed by atoms with Gasteiger partial charge in [-0.1, -0.05) is 18.2 Å². The highest BCUT2D eigenvalue weighted by Gasteiger charge is 2.19. The molecule has 1 fully saturated rings. The van der Waals surface area contributed by atoms with Gasteiger partial charge in [0, 0.05) is 18.7 Å². The molecule has 0 radical (unpaired) electrons. The molecular formula is C15H21NO. The number of aryl methyl sites for hydroxylation is 2. The summed E-state index contributed by atoms with van der Waals surface area (Å²) in [6, 6.07) is 7.99. The van der Waals surface area contributed by atoms with Crippen LogP contribution in [0.15, 0.2) is 18.2 Å². The lowest BCUT2D eigenvalue weighted by atomic mass is 10.0. The van der Waals surface area contributed by atoms with E-state index in [-0.39, 0.29) is 0 Å². The average Bonchev–Trinajstić information content (AvgIpc) is 2.97. The third kappa shape index (κ3) is 2.38. The zero-order valence-corrected chi connectivity index (χ0v) is 10.5. The van der Waals surface area contributed by atoms with Gasteiger partial charge in [-0.15, -0.1) is 0 Å². The number of ether oxygens (including phenoxy) is 1. The highest BCUT2D eigenvalue weighted by molar-refractivity contribution is 5.36. The third-order valence-electron chi connectivity index (χ3n) is 4.04. The highest BCUT2D eigenvalue weighted by Crippen LogP contribution is 2.25. The van der Waals surface area contributed by atoms with Crippen LogP contribution >= 0.6 is 0 Å². The van der Waals surface area contributed by atoms with E-state index in [4.69, 9.17) is 4.74 Å². The van der Waals surface area contributed by atoms with E-state index in [0.717, 1.165) is 19.6 Å². The Hall–Kier alpha value is -0.860. The van der Waals surface area contributed by atoms with Crippen LogP contribution in [0.25, 0.3) is 0 Å². The Morgan fingerprint density at radius 2 is 2.18 bits per heavy atom. The Morgan fingerprint density at radius 1 is 1.29 bits per heavy atom. The van der Waals surface area contributed by atoms with Gasteiger partial charge in [0.2, 0.25) is 0 Å². The summed E-state index contributed by atoms with van der Waals surface area (Å²) in [4.78, 5) is 0. The predicted molar refractivity (Wildman–Crippen MR) is 69.2 cm³/mol. The van der Waals surface area contributed by atoms with Gasteiger partial charge in [0.05, 0.1) is 6.61 Å². The Bertz CT molecular complexity index is 396. The largest absolute Gasteiger partial charge is 0.380 e. The number of nitrogens with one attached hydrogen (secondary N) is 1. The minimum Gasteiger partial charge on any atom is -0.380 e. The van der Waals surface area contributed by atoms with Gasteiger partial charge in [0.25, 0.3) is 0 Å². The molecule has 1 heterocycles. The smallest absolute Gasteiger partial charge is 0.0620 e. The topological polar surface area (TPSA) is 21.3 Å². The lowest BCUT2D eigenvalue weighted by Gasteiger charge is -2.19. The van der Waals surface area contributed by atoms with Crippen molar-refractivity contribution in [2.75, 3.05) is 13.2 Å². The third-order valence-corrected chi connectivity index (χ3v) is 4.04. The van der Waals surface area contributed by atoms with Crippen LogP contribution in [0.1, 0.15) is 42.5 Å². The van der Waals surface area contributed by atoms with Crippen molar-refractivity contribution in [2.45, 2.75) is 44.7 Å². The van der Waals surface area contributed by atoms with Crippen LogP contribution in [-0.2, 0) is 17.6 Å². The molecule has 17 heavy (non-hydrogen) atoms. The van der Waals surface area contributed by atoms with E-state index in [1.54, 1.807) is 11.1 Å². The van der Waals surface area contributed by atoms with E-state index in [2.05, 4.69) is 30.4 Å². The maximum Gasteiger partial charge on any atom is 0.0620 e. The summed E-state index contributed by atoms with van der Waals surface area (Å²) in [5, 5.41) is 3.66. The summed E-state index contributed by atoms with van der Waals surface area (Å²) >= 11 is 0. The molecule has 2 nitrogen and oxygen atoms in total. The van der Waals surface area contributed by atoms with Crippen molar-refractivity contribution in [3.8, 4) is 0 Å². The molecule has 0 spiro atoms. The Balaban J connectivity index is 1.70. The first kappa shape index (κ1) is 11.2. The van der Waals surface area contributed by atoms with Crippen LogP contribution < -0.4 is 5.32 Å². The molecule has 1 aromatic rings. The molecule has 1 aliphatic heterocycles. The van der Waals surface area contributed by atoms with Crippen molar-refractivity contribution in [1.82, 2.24) is 5.32 Å². The fourth-order valence-corrected chi connectivity index (χ4v) is 2.98. The molecule has 0 saturated carbocycles. The second kappa shape index (κ2) is 4.79. The van der Waals surface area contributed by atoms with Gasteiger partial charge in [0.1, 0.15) is 0 Å². The summed E-state index contributed by atoms with van der Waals surface area (Å²) in [7, 11) is 0. The molecule has 0 aromatic heterocycles. The summed E-state index contributed by atoms with van der Waals surface area (Å²) in [5.74, 6) is 0. The summed E-state index contributed by atoms with van der Waals surface area (Å²) in [6.45, 7) is 4.04. The van der Waals surface area contributed by atoms with Gasteiger partial charge in [-0.3, -0.25) is 0 Å². The fourth-order valence-electron chi connectivity index (χ4n) is 2.98. The zero-order chi connectivity index (χ0) is 11.7. The van der Waals surface area contributed by atoms with E-state index in [0.29, 0.717) is 12.1 Å². The Labute approximate surface area is 103 Å². The normalized spacial score (nSPS) is 24.9. The van der Waals surface area contributed by atoms with E-state index >= 15 is 0 Å². The number of hydrogen-bond donors (Lipinski definition) is 1. The molecule has 1 aliphatic carbocycles. The monoisotopic (exact) mass is 231 g/mol. The van der Waals surface area contributed by atoms with Crippen molar-refractivity contribution in [1.29, 1.82) is 0 Å². The van der Waals surface area contributed by atoms with Crippen LogP contribution in [-0.4, -0.2) is 19.3 Å². The molecule has 92 valence electrons. The number of rotatable bonds is 3. The standard InChI is InChI=1S/C15H21NO/c1-11(16-15-7-8-17-10-15)13-6-5-12-3-2-4-14(12)9-13/h5-6,9,11,15-16H,2-4,7-8,10H2,1H3.